The van der Waals surface area contributed by atoms with Crippen LogP contribution in [0, 0.1) is 5.92 Å². The van der Waals surface area contributed by atoms with Gasteiger partial charge in [-0.3, -0.25) is 5.43 Å². The highest BCUT2D eigenvalue weighted by Crippen LogP contribution is 2.17. The molecule has 0 bridgehead atoms. The van der Waals surface area contributed by atoms with E-state index in [4.69, 9.17) is 5.84 Å². The van der Waals surface area contributed by atoms with Gasteiger partial charge in [0.15, 0.2) is 0 Å². The van der Waals surface area contributed by atoms with Gasteiger partial charge >= 0.3 is 0 Å². The van der Waals surface area contributed by atoms with E-state index >= 15 is 0 Å². The summed E-state index contributed by atoms with van der Waals surface area (Å²) in [5.74, 6) is 7.21. The maximum Gasteiger partial charge on any atom is 0.258 e. The van der Waals surface area contributed by atoms with E-state index in [1.54, 1.807) is 0 Å². The lowest BCUT2D eigenvalue weighted by Gasteiger charge is -2.26. The zero-order valence-electron chi connectivity index (χ0n) is 12.7. The first-order valence-electron chi connectivity index (χ1n) is 6.81. The summed E-state index contributed by atoms with van der Waals surface area (Å²) in [7, 11) is 1.95. The second-order valence-corrected chi connectivity index (χ2v) is 5.33. The summed E-state index contributed by atoms with van der Waals surface area (Å²) in [6.07, 6.45) is 3.98. The van der Waals surface area contributed by atoms with Crippen LogP contribution in [0.1, 0.15) is 27.2 Å². The normalized spacial score (nSPS) is 12.5. The van der Waals surface area contributed by atoms with Crippen LogP contribution in [0.3, 0.4) is 0 Å². The molecule has 0 aliphatic rings. The minimum atomic E-state index is 0.286. The van der Waals surface area contributed by atoms with Crippen molar-refractivity contribution in [3.05, 3.63) is 12.7 Å². The van der Waals surface area contributed by atoms with Gasteiger partial charge in [0.1, 0.15) is 12.7 Å². The summed E-state index contributed by atoms with van der Waals surface area (Å²) in [6.45, 7) is 6.51. The van der Waals surface area contributed by atoms with Gasteiger partial charge in [-0.05, 0) is 19.3 Å². The van der Waals surface area contributed by atoms with Gasteiger partial charge in [0, 0.05) is 13.1 Å². The van der Waals surface area contributed by atoms with E-state index in [-0.39, 0.29) is 5.95 Å². The maximum atomic E-state index is 5.43. The lowest BCUT2D eigenvalue weighted by atomic mass is 10.0. The summed E-state index contributed by atoms with van der Waals surface area (Å²) >= 11 is 0. The molecular formula is C12H21N9. The summed E-state index contributed by atoms with van der Waals surface area (Å²) in [5.41, 5.74) is 2.45. The van der Waals surface area contributed by atoms with Crippen LogP contribution in [0.2, 0.25) is 0 Å². The molecule has 0 radical (unpaired) electrons. The van der Waals surface area contributed by atoms with Gasteiger partial charge in [-0.1, -0.05) is 13.8 Å². The predicted octanol–water partition coefficient (Wildman–Crippen LogP) is 0.609. The average Bonchev–Trinajstić information content (AvgIpc) is 2.99. The van der Waals surface area contributed by atoms with Crippen LogP contribution in [-0.2, 0) is 0 Å². The molecule has 0 saturated heterocycles. The number of nitrogen functional groups attached to an aromatic ring is 1. The number of nitrogens with two attached hydrogens (primary N) is 1. The minimum Gasteiger partial charge on any atom is -0.341 e. The summed E-state index contributed by atoms with van der Waals surface area (Å²) < 4.78 is 1.47. The molecule has 9 nitrogen and oxygen atoms in total. The van der Waals surface area contributed by atoms with Crippen LogP contribution in [0.4, 0.5) is 11.9 Å². The summed E-state index contributed by atoms with van der Waals surface area (Å²) in [4.78, 5) is 18.8. The van der Waals surface area contributed by atoms with Crippen molar-refractivity contribution in [2.45, 2.75) is 33.2 Å². The molecule has 0 fully saturated rings. The molecule has 0 aliphatic carbocycles. The molecule has 0 amide bonds. The van der Waals surface area contributed by atoms with Gasteiger partial charge in [0.2, 0.25) is 11.9 Å². The maximum absolute atomic E-state index is 5.43. The Balaban J connectivity index is 2.32. The average molecular weight is 291 g/mol. The molecule has 21 heavy (non-hydrogen) atoms. The van der Waals surface area contributed by atoms with Crippen LogP contribution in [-0.4, -0.2) is 42.8 Å². The van der Waals surface area contributed by atoms with Crippen molar-refractivity contribution in [3.63, 3.8) is 0 Å². The van der Waals surface area contributed by atoms with E-state index in [9.17, 15) is 0 Å². The molecule has 0 spiro atoms. The molecule has 1 unspecified atom stereocenters. The highest BCUT2D eigenvalue weighted by molar-refractivity contribution is 5.39. The standard InChI is InChI=1S/C12H21N9/c1-8(2)5-9(3)20(4)11-16-10(19-13)17-12(18-11)21-7-14-6-15-21/h6-9H,5,13H2,1-4H3,(H,16,17,18,19). The highest BCUT2D eigenvalue weighted by Gasteiger charge is 2.17. The molecule has 2 rings (SSSR count). The molecule has 1 atom stereocenters. The van der Waals surface area contributed by atoms with Gasteiger partial charge in [-0.2, -0.15) is 24.7 Å². The number of hydrogen-bond donors (Lipinski definition) is 2. The zero-order chi connectivity index (χ0) is 15.4. The smallest absolute Gasteiger partial charge is 0.258 e. The Kier molecular flexibility index (Phi) is 4.63. The van der Waals surface area contributed by atoms with Crippen LogP contribution in [0.5, 0.6) is 0 Å². The first-order valence-corrected chi connectivity index (χ1v) is 6.81. The molecule has 9 heteroatoms. The first kappa shape index (κ1) is 15.1. The van der Waals surface area contributed by atoms with Gasteiger partial charge in [0.05, 0.1) is 0 Å². The molecule has 2 aromatic rings. The quantitative estimate of drug-likeness (QED) is 0.588. The van der Waals surface area contributed by atoms with Crippen molar-refractivity contribution in [2.24, 2.45) is 11.8 Å². The zero-order valence-corrected chi connectivity index (χ0v) is 12.7. The van der Waals surface area contributed by atoms with Crippen LogP contribution in [0.25, 0.3) is 5.95 Å². The molecule has 0 aliphatic heterocycles. The van der Waals surface area contributed by atoms with Gasteiger partial charge in [-0.25, -0.2) is 10.8 Å². The van der Waals surface area contributed by atoms with Crippen molar-refractivity contribution < 1.29 is 0 Å². The Hall–Kier alpha value is -2.29. The molecule has 114 valence electrons. The Morgan fingerprint density at radius 3 is 2.62 bits per heavy atom. The molecular weight excluding hydrogens is 270 g/mol. The number of aromatic nitrogens is 6. The third-order valence-corrected chi connectivity index (χ3v) is 3.15. The SMILES string of the molecule is CC(C)CC(C)N(C)c1nc(NN)nc(-n2cncn2)n1. The number of hydrazine groups is 1. The number of rotatable bonds is 6. The fourth-order valence-corrected chi connectivity index (χ4v) is 2.03. The van der Waals surface area contributed by atoms with Crippen LogP contribution in [0.15, 0.2) is 12.7 Å². The minimum absolute atomic E-state index is 0.286. The van der Waals surface area contributed by atoms with E-state index in [1.807, 2.05) is 11.9 Å². The molecule has 2 heterocycles. The van der Waals surface area contributed by atoms with E-state index in [1.165, 1.54) is 17.3 Å². The lowest BCUT2D eigenvalue weighted by molar-refractivity contribution is 0.499. The Bertz CT molecular complexity index is 566. The topological polar surface area (TPSA) is 111 Å². The van der Waals surface area contributed by atoms with Gasteiger partial charge in [-0.15, -0.1) is 0 Å². The van der Waals surface area contributed by atoms with Crippen LogP contribution >= 0.6 is 0 Å². The fourth-order valence-electron chi connectivity index (χ4n) is 2.03. The van der Waals surface area contributed by atoms with E-state index in [0.29, 0.717) is 23.9 Å². The predicted molar refractivity (Wildman–Crippen MR) is 79.9 cm³/mol. The monoisotopic (exact) mass is 291 g/mol. The van der Waals surface area contributed by atoms with E-state index < -0.39 is 0 Å². The second-order valence-electron chi connectivity index (χ2n) is 5.33. The third kappa shape index (κ3) is 3.63. The van der Waals surface area contributed by atoms with E-state index in [2.05, 4.69) is 51.2 Å². The number of anilines is 2. The van der Waals surface area contributed by atoms with Crippen LogP contribution < -0.4 is 16.2 Å². The van der Waals surface area contributed by atoms with Crippen molar-refractivity contribution >= 4 is 11.9 Å². The first-order chi connectivity index (χ1) is 10.0. The van der Waals surface area contributed by atoms with Crippen molar-refractivity contribution in [1.82, 2.24) is 29.7 Å². The Labute approximate surface area is 123 Å². The third-order valence-electron chi connectivity index (χ3n) is 3.15. The summed E-state index contributed by atoms with van der Waals surface area (Å²) in [6, 6.07) is 0.293. The van der Waals surface area contributed by atoms with Gasteiger partial charge in [0.25, 0.3) is 5.95 Å². The van der Waals surface area contributed by atoms with Gasteiger partial charge < -0.3 is 4.90 Å². The highest BCUT2D eigenvalue weighted by atomic mass is 15.4. The Morgan fingerprint density at radius 1 is 1.29 bits per heavy atom. The summed E-state index contributed by atoms with van der Waals surface area (Å²) in [5, 5.41) is 4.02. The number of nitrogens with one attached hydrogen (secondary N) is 1. The van der Waals surface area contributed by atoms with Crippen molar-refractivity contribution in [2.75, 3.05) is 17.4 Å². The number of hydrogen-bond acceptors (Lipinski definition) is 8. The Morgan fingerprint density at radius 2 is 2.05 bits per heavy atom. The molecule has 0 aromatic carbocycles. The lowest BCUT2D eigenvalue weighted by Crippen LogP contribution is -2.32. The molecule has 0 saturated carbocycles. The fraction of sp³-hybridized carbons (Fsp3) is 0.583. The molecule has 3 N–H and O–H groups in total. The van der Waals surface area contributed by atoms with Crippen molar-refractivity contribution in [1.29, 1.82) is 0 Å². The van der Waals surface area contributed by atoms with E-state index in [0.717, 1.165) is 6.42 Å². The van der Waals surface area contributed by atoms with Crippen molar-refractivity contribution in [3.8, 4) is 5.95 Å². The second kappa shape index (κ2) is 6.44. The molecule has 2 aromatic heterocycles. The largest absolute Gasteiger partial charge is 0.341 e. The number of nitrogens with zero attached hydrogens (tertiary/aromatic N) is 7.